The highest BCUT2D eigenvalue weighted by Gasteiger charge is 2.60. The molecule has 2 unspecified atom stereocenters. The van der Waals surface area contributed by atoms with Crippen LogP contribution in [0.25, 0.3) is 0 Å². The molecule has 23 heavy (non-hydrogen) atoms. The summed E-state index contributed by atoms with van der Waals surface area (Å²) in [6.45, 7) is 8.11. The van der Waals surface area contributed by atoms with E-state index >= 15 is 0 Å². The van der Waals surface area contributed by atoms with Gasteiger partial charge in [0.2, 0.25) is 0 Å². The Labute approximate surface area is 135 Å². The van der Waals surface area contributed by atoms with E-state index in [0.717, 1.165) is 7.11 Å². The average molecular weight is 336 g/mol. The van der Waals surface area contributed by atoms with Crippen molar-refractivity contribution < 1.29 is 32.6 Å². The van der Waals surface area contributed by atoms with Crippen LogP contribution in [0.15, 0.2) is 0 Å². The van der Waals surface area contributed by atoms with Gasteiger partial charge in [0.1, 0.15) is 6.10 Å². The summed E-state index contributed by atoms with van der Waals surface area (Å²) in [4.78, 5) is 22.9. The second-order valence-corrected chi connectivity index (χ2v) is 6.25. The van der Waals surface area contributed by atoms with Crippen LogP contribution in [0.2, 0.25) is 0 Å². The van der Waals surface area contributed by atoms with Crippen molar-refractivity contribution >= 4 is 11.9 Å². The molecule has 1 saturated heterocycles. The number of rotatable bonds is 5. The van der Waals surface area contributed by atoms with Gasteiger partial charge < -0.3 is 14.2 Å². The van der Waals surface area contributed by atoms with Gasteiger partial charge in [-0.25, -0.2) is 9.18 Å². The van der Waals surface area contributed by atoms with Gasteiger partial charge in [0.25, 0.3) is 0 Å². The Morgan fingerprint density at radius 3 is 2.30 bits per heavy atom. The Morgan fingerprint density at radius 1 is 1.30 bits per heavy atom. The van der Waals surface area contributed by atoms with Crippen LogP contribution in [0, 0.1) is 17.8 Å². The summed E-state index contributed by atoms with van der Waals surface area (Å²) in [6, 6.07) is 0. The molecule has 7 heteroatoms. The van der Waals surface area contributed by atoms with Crippen LogP contribution in [-0.2, 0) is 23.8 Å². The number of ether oxygens (including phenoxy) is 3. The van der Waals surface area contributed by atoms with Crippen LogP contribution in [0.5, 0.6) is 0 Å². The molecule has 7 atom stereocenters. The molecule has 0 amide bonds. The van der Waals surface area contributed by atoms with Gasteiger partial charge >= 0.3 is 17.8 Å². The fourth-order valence-corrected chi connectivity index (χ4v) is 3.15. The van der Waals surface area contributed by atoms with E-state index < -0.39 is 48.0 Å². The first-order chi connectivity index (χ1) is 10.6. The largest absolute Gasteiger partial charge is 0.465 e. The zero-order valence-electron chi connectivity index (χ0n) is 14.5. The molecule has 0 spiro atoms. The second kappa shape index (κ2) is 7.55. The van der Waals surface area contributed by atoms with Gasteiger partial charge in [-0.1, -0.05) is 27.7 Å². The van der Waals surface area contributed by atoms with Crippen molar-refractivity contribution in [3.63, 3.8) is 0 Å². The number of methoxy groups -OCH3 is 1. The molecule has 0 aromatic rings. The standard InChI is InChI=1S/C16H26F2O5/c1-7-12(22-11(5)19)10(4)13-8(2)9(3)14(17)16(18,23-13)15(20)21-6/h8-10,12-14H,7H2,1-6H3/t8-,9+,10-,12-,13?,14?,16+/m1/s1. The normalized spacial score (nSPS) is 36.9. The van der Waals surface area contributed by atoms with E-state index in [0.29, 0.717) is 6.42 Å². The molecule has 0 aromatic carbocycles. The molecule has 1 aliphatic rings. The Hall–Kier alpha value is -1.24. The minimum Gasteiger partial charge on any atom is -0.465 e. The van der Waals surface area contributed by atoms with Crippen molar-refractivity contribution in [1.82, 2.24) is 0 Å². The fraction of sp³-hybridized carbons (Fsp3) is 0.875. The van der Waals surface area contributed by atoms with E-state index in [-0.39, 0.29) is 5.92 Å². The maximum atomic E-state index is 14.8. The smallest absolute Gasteiger partial charge is 0.375 e. The highest BCUT2D eigenvalue weighted by atomic mass is 19.2. The van der Waals surface area contributed by atoms with E-state index in [2.05, 4.69) is 4.74 Å². The van der Waals surface area contributed by atoms with Crippen LogP contribution >= 0.6 is 0 Å². The number of hydrogen-bond donors (Lipinski definition) is 0. The molecular formula is C16H26F2O5. The molecule has 0 saturated carbocycles. The summed E-state index contributed by atoms with van der Waals surface area (Å²) in [6.07, 6.45) is -2.92. The molecule has 1 heterocycles. The molecule has 0 bridgehead atoms. The number of halogens is 2. The minimum atomic E-state index is -3.14. The molecule has 0 aliphatic carbocycles. The summed E-state index contributed by atoms with van der Waals surface area (Å²) in [5.41, 5.74) is 0. The van der Waals surface area contributed by atoms with E-state index in [9.17, 15) is 18.4 Å². The van der Waals surface area contributed by atoms with Crippen molar-refractivity contribution in [3.05, 3.63) is 0 Å². The zero-order valence-corrected chi connectivity index (χ0v) is 14.5. The second-order valence-electron chi connectivity index (χ2n) is 6.25. The van der Waals surface area contributed by atoms with Gasteiger partial charge in [0.15, 0.2) is 6.17 Å². The topological polar surface area (TPSA) is 61.8 Å². The Kier molecular flexibility index (Phi) is 6.50. The first-order valence-corrected chi connectivity index (χ1v) is 7.86. The third-order valence-electron chi connectivity index (χ3n) is 4.76. The van der Waals surface area contributed by atoms with Crippen LogP contribution < -0.4 is 0 Å². The molecular weight excluding hydrogens is 310 g/mol. The van der Waals surface area contributed by atoms with Gasteiger partial charge in [-0.15, -0.1) is 0 Å². The summed E-state index contributed by atoms with van der Waals surface area (Å²) < 4.78 is 44.0. The minimum absolute atomic E-state index is 0.363. The van der Waals surface area contributed by atoms with Crippen molar-refractivity contribution in [3.8, 4) is 0 Å². The van der Waals surface area contributed by atoms with Crippen LogP contribution in [0.4, 0.5) is 8.78 Å². The highest BCUT2D eigenvalue weighted by molar-refractivity contribution is 5.78. The molecule has 5 nitrogen and oxygen atoms in total. The van der Waals surface area contributed by atoms with E-state index in [1.54, 1.807) is 13.8 Å². The lowest BCUT2D eigenvalue weighted by Crippen LogP contribution is -2.60. The van der Waals surface area contributed by atoms with Crippen molar-refractivity contribution in [2.24, 2.45) is 17.8 Å². The van der Waals surface area contributed by atoms with Crippen molar-refractivity contribution in [1.29, 1.82) is 0 Å². The number of esters is 2. The molecule has 0 N–H and O–H groups in total. The zero-order chi connectivity index (χ0) is 17.9. The summed E-state index contributed by atoms with van der Waals surface area (Å²) in [5, 5.41) is 0. The van der Waals surface area contributed by atoms with Gasteiger partial charge in [-0.2, -0.15) is 4.39 Å². The maximum absolute atomic E-state index is 14.8. The predicted molar refractivity (Wildman–Crippen MR) is 79.0 cm³/mol. The average Bonchev–Trinajstić information content (AvgIpc) is 2.52. The quantitative estimate of drug-likeness (QED) is 0.723. The third kappa shape index (κ3) is 3.82. The van der Waals surface area contributed by atoms with E-state index in [1.807, 2.05) is 6.92 Å². The van der Waals surface area contributed by atoms with Crippen LogP contribution in [0.1, 0.15) is 41.0 Å². The van der Waals surface area contributed by atoms with E-state index in [4.69, 9.17) is 9.47 Å². The lowest BCUT2D eigenvalue weighted by molar-refractivity contribution is -0.284. The van der Waals surface area contributed by atoms with Crippen molar-refractivity contribution in [2.75, 3.05) is 7.11 Å². The SMILES string of the molecule is CC[C@@H](OC(C)=O)[C@@H](C)C1O[C@](F)(C(=O)OC)C(F)[C@@H](C)[C@H]1C. The molecule has 134 valence electrons. The fourth-order valence-electron chi connectivity index (χ4n) is 3.15. The summed E-state index contributed by atoms with van der Waals surface area (Å²) in [5.74, 6) is -6.51. The Balaban J connectivity index is 3.09. The number of carbonyl (C=O) groups is 2. The van der Waals surface area contributed by atoms with Crippen LogP contribution in [-0.4, -0.2) is 43.3 Å². The molecule has 1 fully saturated rings. The predicted octanol–water partition coefficient (Wildman–Crippen LogP) is 2.81. The molecule has 1 aliphatic heterocycles. The van der Waals surface area contributed by atoms with Gasteiger partial charge in [-0.05, 0) is 18.3 Å². The number of alkyl halides is 2. The highest BCUT2D eigenvalue weighted by Crippen LogP contribution is 2.44. The molecule has 1 rings (SSSR count). The van der Waals surface area contributed by atoms with Gasteiger partial charge in [0.05, 0.1) is 13.2 Å². The number of hydrogen-bond acceptors (Lipinski definition) is 5. The maximum Gasteiger partial charge on any atom is 0.375 e. The Bertz CT molecular complexity index is 444. The first kappa shape index (κ1) is 19.8. The molecule has 0 radical (unpaired) electrons. The monoisotopic (exact) mass is 336 g/mol. The van der Waals surface area contributed by atoms with Gasteiger partial charge in [-0.3, -0.25) is 4.79 Å². The molecule has 0 aromatic heterocycles. The van der Waals surface area contributed by atoms with Crippen molar-refractivity contribution in [2.45, 2.75) is 65.3 Å². The van der Waals surface area contributed by atoms with Crippen LogP contribution in [0.3, 0.4) is 0 Å². The lowest BCUT2D eigenvalue weighted by atomic mass is 9.75. The van der Waals surface area contributed by atoms with E-state index in [1.165, 1.54) is 13.8 Å². The first-order valence-electron chi connectivity index (χ1n) is 7.86. The lowest BCUT2D eigenvalue weighted by Gasteiger charge is -2.46. The Morgan fingerprint density at radius 2 is 1.87 bits per heavy atom. The van der Waals surface area contributed by atoms with Gasteiger partial charge in [0, 0.05) is 12.8 Å². The third-order valence-corrected chi connectivity index (χ3v) is 4.76. The summed E-state index contributed by atoms with van der Waals surface area (Å²) >= 11 is 0. The summed E-state index contributed by atoms with van der Waals surface area (Å²) in [7, 11) is 0.981. The number of carbonyl (C=O) groups excluding carboxylic acids is 2.